The molecule has 0 aliphatic carbocycles. The van der Waals surface area contributed by atoms with Gasteiger partial charge in [0.1, 0.15) is 11.0 Å². The van der Waals surface area contributed by atoms with Crippen LogP contribution in [0.2, 0.25) is 10.3 Å². The van der Waals surface area contributed by atoms with Crippen molar-refractivity contribution in [3.8, 4) is 0 Å². The standard InChI is InChI=1S/C13H8BrCl2FN2O/c1-6-5-9(15)18-12(16)11(6)19-13(20)7-3-2-4-8(17)10(7)14/h2-5H,1H3,(H,19,20). The zero-order valence-corrected chi connectivity index (χ0v) is 13.3. The van der Waals surface area contributed by atoms with Crippen molar-refractivity contribution in [3.63, 3.8) is 0 Å². The van der Waals surface area contributed by atoms with Gasteiger partial charge in [-0.1, -0.05) is 29.3 Å². The number of hydrogen-bond acceptors (Lipinski definition) is 2. The molecule has 0 radical (unpaired) electrons. The molecule has 0 saturated heterocycles. The second-order valence-electron chi connectivity index (χ2n) is 3.98. The van der Waals surface area contributed by atoms with Crippen LogP contribution in [0.4, 0.5) is 10.1 Å². The van der Waals surface area contributed by atoms with Gasteiger partial charge in [0.25, 0.3) is 5.91 Å². The number of anilines is 1. The van der Waals surface area contributed by atoms with Crippen LogP contribution in [0.5, 0.6) is 0 Å². The van der Waals surface area contributed by atoms with Crippen molar-refractivity contribution in [2.24, 2.45) is 0 Å². The van der Waals surface area contributed by atoms with Crippen molar-refractivity contribution in [2.45, 2.75) is 6.92 Å². The van der Waals surface area contributed by atoms with Gasteiger partial charge in [-0.2, -0.15) is 0 Å². The predicted molar refractivity (Wildman–Crippen MR) is 81.0 cm³/mol. The zero-order chi connectivity index (χ0) is 14.9. The molecule has 0 aliphatic heterocycles. The highest BCUT2D eigenvalue weighted by atomic mass is 79.9. The summed E-state index contributed by atoms with van der Waals surface area (Å²) < 4.78 is 13.5. The molecule has 2 aromatic rings. The maximum absolute atomic E-state index is 13.4. The van der Waals surface area contributed by atoms with Gasteiger partial charge in [0, 0.05) is 0 Å². The highest BCUT2D eigenvalue weighted by Gasteiger charge is 2.16. The van der Waals surface area contributed by atoms with Gasteiger partial charge in [0.2, 0.25) is 0 Å². The minimum absolute atomic E-state index is 0.0795. The number of halogens is 4. The second-order valence-corrected chi connectivity index (χ2v) is 5.52. The van der Waals surface area contributed by atoms with Crippen LogP contribution in [0.15, 0.2) is 28.7 Å². The van der Waals surface area contributed by atoms with Crippen molar-refractivity contribution in [1.82, 2.24) is 4.98 Å². The molecule has 1 aromatic heterocycles. The van der Waals surface area contributed by atoms with E-state index in [2.05, 4.69) is 26.2 Å². The summed E-state index contributed by atoms with van der Waals surface area (Å²) >= 11 is 14.7. The van der Waals surface area contributed by atoms with E-state index in [-0.39, 0.29) is 20.3 Å². The Morgan fingerprint density at radius 1 is 1.40 bits per heavy atom. The minimum Gasteiger partial charge on any atom is -0.319 e. The van der Waals surface area contributed by atoms with Gasteiger partial charge in [-0.15, -0.1) is 0 Å². The van der Waals surface area contributed by atoms with E-state index in [1.54, 1.807) is 13.0 Å². The maximum atomic E-state index is 13.4. The number of carbonyl (C=O) groups is 1. The quantitative estimate of drug-likeness (QED) is 0.760. The molecule has 1 aromatic carbocycles. The van der Waals surface area contributed by atoms with Crippen molar-refractivity contribution >= 4 is 50.7 Å². The number of aryl methyl sites for hydroxylation is 1. The lowest BCUT2D eigenvalue weighted by Crippen LogP contribution is -2.14. The molecule has 0 bridgehead atoms. The molecular weight excluding hydrogens is 370 g/mol. The van der Waals surface area contributed by atoms with E-state index in [0.29, 0.717) is 11.3 Å². The minimum atomic E-state index is -0.519. The van der Waals surface area contributed by atoms with Crippen LogP contribution < -0.4 is 5.32 Å². The van der Waals surface area contributed by atoms with Gasteiger partial charge in [0.05, 0.1) is 15.7 Å². The van der Waals surface area contributed by atoms with Gasteiger partial charge < -0.3 is 5.32 Å². The van der Waals surface area contributed by atoms with Gasteiger partial charge in [-0.25, -0.2) is 9.37 Å². The fourth-order valence-corrected chi connectivity index (χ4v) is 2.63. The Balaban J connectivity index is 2.36. The van der Waals surface area contributed by atoms with E-state index in [0.717, 1.165) is 0 Å². The highest BCUT2D eigenvalue weighted by Crippen LogP contribution is 2.28. The lowest BCUT2D eigenvalue weighted by molar-refractivity contribution is 0.102. The van der Waals surface area contributed by atoms with Crippen molar-refractivity contribution in [2.75, 3.05) is 5.32 Å². The van der Waals surface area contributed by atoms with Crippen LogP contribution in [0, 0.1) is 12.7 Å². The molecule has 1 heterocycles. The molecule has 0 spiro atoms. The number of carbonyl (C=O) groups excluding carboxylic acids is 1. The Kier molecular flexibility index (Phi) is 4.62. The molecule has 0 unspecified atom stereocenters. The molecule has 1 amide bonds. The summed E-state index contributed by atoms with van der Waals surface area (Å²) in [5.74, 6) is -1.01. The number of rotatable bonds is 2. The number of nitrogens with zero attached hydrogens (tertiary/aromatic N) is 1. The smallest absolute Gasteiger partial charge is 0.257 e. The van der Waals surface area contributed by atoms with Crippen LogP contribution in [0.3, 0.4) is 0 Å². The summed E-state index contributed by atoms with van der Waals surface area (Å²) in [5.41, 5.74) is 1.17. The molecule has 3 nitrogen and oxygen atoms in total. The van der Waals surface area contributed by atoms with E-state index in [1.165, 1.54) is 18.2 Å². The van der Waals surface area contributed by atoms with Gasteiger partial charge >= 0.3 is 0 Å². The predicted octanol–water partition coefficient (Wildman–Crippen LogP) is 4.85. The fraction of sp³-hybridized carbons (Fsp3) is 0.0769. The van der Waals surface area contributed by atoms with Gasteiger partial charge in [-0.05, 0) is 46.6 Å². The molecule has 0 atom stereocenters. The van der Waals surface area contributed by atoms with Crippen molar-refractivity contribution in [3.05, 3.63) is 56.0 Å². The Morgan fingerprint density at radius 2 is 2.10 bits per heavy atom. The Morgan fingerprint density at radius 3 is 2.75 bits per heavy atom. The number of pyridine rings is 1. The first-order valence-corrected chi connectivity index (χ1v) is 7.03. The molecule has 0 saturated carbocycles. The largest absolute Gasteiger partial charge is 0.319 e. The van der Waals surface area contributed by atoms with E-state index in [4.69, 9.17) is 23.2 Å². The SMILES string of the molecule is Cc1cc(Cl)nc(Cl)c1NC(=O)c1cccc(F)c1Br. The first-order chi connectivity index (χ1) is 9.40. The average molecular weight is 378 g/mol. The Hall–Kier alpha value is -1.17. The van der Waals surface area contributed by atoms with Crippen molar-refractivity contribution in [1.29, 1.82) is 0 Å². The highest BCUT2D eigenvalue weighted by molar-refractivity contribution is 9.10. The topological polar surface area (TPSA) is 42.0 Å². The molecule has 1 N–H and O–H groups in total. The maximum Gasteiger partial charge on any atom is 0.257 e. The summed E-state index contributed by atoms with van der Waals surface area (Å²) in [4.78, 5) is 16.0. The summed E-state index contributed by atoms with van der Waals surface area (Å²) in [6, 6.07) is 5.77. The lowest BCUT2D eigenvalue weighted by Gasteiger charge is -2.11. The number of hydrogen-bond donors (Lipinski definition) is 1. The molecule has 104 valence electrons. The van der Waals surface area contributed by atoms with Crippen LogP contribution >= 0.6 is 39.1 Å². The van der Waals surface area contributed by atoms with E-state index in [9.17, 15) is 9.18 Å². The first kappa shape index (κ1) is 15.2. The molecule has 0 aliphatic rings. The molecule has 2 rings (SSSR count). The van der Waals surface area contributed by atoms with Crippen molar-refractivity contribution < 1.29 is 9.18 Å². The van der Waals surface area contributed by atoms with Crippen LogP contribution in [0.25, 0.3) is 0 Å². The van der Waals surface area contributed by atoms with Crippen LogP contribution in [0.1, 0.15) is 15.9 Å². The lowest BCUT2D eigenvalue weighted by atomic mass is 10.2. The third-order valence-corrected chi connectivity index (χ3v) is 3.85. The summed E-state index contributed by atoms with van der Waals surface area (Å²) in [6.45, 7) is 1.73. The third kappa shape index (κ3) is 3.11. The molecule has 20 heavy (non-hydrogen) atoms. The molecular formula is C13H8BrCl2FN2O. The van der Waals surface area contributed by atoms with Gasteiger partial charge in [-0.3, -0.25) is 4.79 Å². The third-order valence-electron chi connectivity index (χ3n) is 2.58. The van der Waals surface area contributed by atoms with Gasteiger partial charge in [0.15, 0.2) is 5.15 Å². The number of benzene rings is 1. The van der Waals surface area contributed by atoms with E-state index >= 15 is 0 Å². The summed E-state index contributed by atoms with van der Waals surface area (Å²) in [7, 11) is 0. The van der Waals surface area contributed by atoms with Crippen LogP contribution in [-0.4, -0.2) is 10.9 Å². The monoisotopic (exact) mass is 376 g/mol. The zero-order valence-electron chi connectivity index (χ0n) is 10.2. The Labute approximate surface area is 133 Å². The number of amides is 1. The van der Waals surface area contributed by atoms with Crippen LogP contribution in [-0.2, 0) is 0 Å². The second kappa shape index (κ2) is 6.08. The van der Waals surface area contributed by atoms with E-state index < -0.39 is 11.7 Å². The number of aromatic nitrogens is 1. The summed E-state index contributed by atoms with van der Waals surface area (Å²) in [5, 5.41) is 2.91. The average Bonchev–Trinajstić information content (AvgIpc) is 2.36. The molecule has 7 heteroatoms. The normalized spacial score (nSPS) is 10.4. The fourth-order valence-electron chi connectivity index (χ4n) is 1.61. The Bertz CT molecular complexity index is 671. The molecule has 0 fully saturated rings. The van der Waals surface area contributed by atoms with E-state index in [1.807, 2.05) is 0 Å². The summed E-state index contributed by atoms with van der Waals surface area (Å²) in [6.07, 6.45) is 0. The first-order valence-electron chi connectivity index (χ1n) is 5.48. The number of nitrogens with one attached hydrogen (secondary N) is 1.